The van der Waals surface area contributed by atoms with E-state index in [-0.39, 0.29) is 11.8 Å². The predicted octanol–water partition coefficient (Wildman–Crippen LogP) is 4.17. The number of thiophene rings is 1. The number of aromatic nitrogens is 5. The van der Waals surface area contributed by atoms with Gasteiger partial charge in [-0.25, -0.2) is 4.98 Å². The SMILES string of the molecule is CC(C)Cn1c([C@@H]2CCN(C(=O)c3cc(-c4cccs4)[nH]n3)C2)nc2ccncc21. The van der Waals surface area contributed by atoms with Gasteiger partial charge in [0.2, 0.25) is 0 Å². The molecule has 1 aliphatic heterocycles. The topological polar surface area (TPSA) is 79.7 Å². The molecule has 0 spiro atoms. The van der Waals surface area contributed by atoms with E-state index < -0.39 is 0 Å². The molecule has 4 aromatic heterocycles. The van der Waals surface area contributed by atoms with E-state index in [2.05, 4.69) is 33.6 Å². The number of likely N-dealkylation sites (tertiary alicyclic amines) is 1. The van der Waals surface area contributed by atoms with Gasteiger partial charge in [-0.1, -0.05) is 19.9 Å². The standard InChI is InChI=1S/C22H24N6OS/c1-14(2)12-28-19-11-23-7-5-16(19)24-21(28)15-6-8-27(13-15)22(29)18-10-17(25-26-18)20-4-3-9-30-20/h3-5,7,9-11,14-15H,6,8,12-13H2,1-2H3,(H,25,26)/t15-/m1/s1. The van der Waals surface area contributed by atoms with Gasteiger partial charge in [0.05, 0.1) is 27.8 Å². The third-order valence-electron chi connectivity index (χ3n) is 5.55. The Morgan fingerprint density at radius 3 is 3.07 bits per heavy atom. The van der Waals surface area contributed by atoms with Gasteiger partial charge in [-0.05, 0) is 35.9 Å². The van der Waals surface area contributed by atoms with E-state index in [4.69, 9.17) is 4.98 Å². The normalized spacial score (nSPS) is 16.8. The first-order chi connectivity index (χ1) is 14.6. The maximum absolute atomic E-state index is 13.1. The largest absolute Gasteiger partial charge is 0.336 e. The van der Waals surface area contributed by atoms with Crippen LogP contribution in [0.4, 0.5) is 0 Å². The van der Waals surface area contributed by atoms with E-state index in [1.165, 1.54) is 0 Å². The van der Waals surface area contributed by atoms with Crippen molar-refractivity contribution in [3.63, 3.8) is 0 Å². The van der Waals surface area contributed by atoms with Crippen LogP contribution in [0.2, 0.25) is 0 Å². The lowest BCUT2D eigenvalue weighted by molar-refractivity contribution is 0.0784. The quantitative estimate of drug-likeness (QED) is 0.526. The lowest BCUT2D eigenvalue weighted by atomic mass is 10.1. The number of hydrogen-bond acceptors (Lipinski definition) is 5. The van der Waals surface area contributed by atoms with E-state index in [0.717, 1.165) is 40.4 Å². The summed E-state index contributed by atoms with van der Waals surface area (Å²) in [6, 6.07) is 7.82. The van der Waals surface area contributed by atoms with Crippen molar-refractivity contribution in [1.82, 2.24) is 29.6 Å². The van der Waals surface area contributed by atoms with Gasteiger partial charge in [0.25, 0.3) is 5.91 Å². The number of carbonyl (C=O) groups is 1. The number of hydrogen-bond donors (Lipinski definition) is 1. The predicted molar refractivity (Wildman–Crippen MR) is 118 cm³/mol. The monoisotopic (exact) mass is 420 g/mol. The van der Waals surface area contributed by atoms with Gasteiger partial charge in [-0.2, -0.15) is 5.10 Å². The van der Waals surface area contributed by atoms with Gasteiger partial charge in [-0.15, -0.1) is 11.3 Å². The van der Waals surface area contributed by atoms with Gasteiger partial charge >= 0.3 is 0 Å². The molecule has 1 aliphatic rings. The lowest BCUT2D eigenvalue weighted by Crippen LogP contribution is -2.29. The molecule has 0 radical (unpaired) electrons. The third-order valence-corrected chi connectivity index (χ3v) is 6.46. The maximum atomic E-state index is 13.1. The highest BCUT2D eigenvalue weighted by molar-refractivity contribution is 7.13. The van der Waals surface area contributed by atoms with Crippen molar-refractivity contribution in [3.05, 3.63) is 53.6 Å². The Morgan fingerprint density at radius 2 is 2.27 bits per heavy atom. The second kappa shape index (κ2) is 7.68. The maximum Gasteiger partial charge on any atom is 0.274 e. The molecule has 0 aliphatic carbocycles. The summed E-state index contributed by atoms with van der Waals surface area (Å²) in [7, 11) is 0. The summed E-state index contributed by atoms with van der Waals surface area (Å²) < 4.78 is 2.29. The number of nitrogens with zero attached hydrogens (tertiary/aromatic N) is 5. The number of H-pyrrole nitrogens is 1. The van der Waals surface area contributed by atoms with Crippen LogP contribution in [0.15, 0.2) is 42.0 Å². The number of carbonyl (C=O) groups excluding carboxylic acids is 1. The number of amides is 1. The van der Waals surface area contributed by atoms with Crippen molar-refractivity contribution >= 4 is 28.3 Å². The molecule has 0 aromatic carbocycles. The van der Waals surface area contributed by atoms with Crippen LogP contribution in [0.1, 0.15) is 42.5 Å². The molecule has 8 heteroatoms. The fourth-order valence-corrected chi connectivity index (χ4v) is 4.86. The molecular formula is C22H24N6OS. The Kier molecular flexibility index (Phi) is 4.86. The molecule has 0 bridgehead atoms. The molecule has 1 saturated heterocycles. The summed E-state index contributed by atoms with van der Waals surface area (Å²) in [4.78, 5) is 25.2. The molecule has 154 valence electrons. The number of pyridine rings is 1. The van der Waals surface area contributed by atoms with Crippen molar-refractivity contribution < 1.29 is 4.79 Å². The number of rotatable bonds is 5. The molecule has 5 heterocycles. The zero-order valence-electron chi connectivity index (χ0n) is 17.1. The molecule has 1 atom stereocenters. The Morgan fingerprint density at radius 1 is 1.37 bits per heavy atom. The summed E-state index contributed by atoms with van der Waals surface area (Å²) in [5.74, 6) is 1.75. The van der Waals surface area contributed by atoms with Gasteiger partial charge in [0.15, 0.2) is 5.69 Å². The van der Waals surface area contributed by atoms with Crippen LogP contribution in [0.3, 0.4) is 0 Å². The van der Waals surface area contributed by atoms with Crippen molar-refractivity contribution in [3.8, 4) is 10.6 Å². The molecule has 0 unspecified atom stereocenters. The van der Waals surface area contributed by atoms with Crippen LogP contribution in [0.5, 0.6) is 0 Å². The lowest BCUT2D eigenvalue weighted by Gasteiger charge is -2.17. The van der Waals surface area contributed by atoms with E-state index in [9.17, 15) is 4.79 Å². The average molecular weight is 421 g/mol. The zero-order valence-corrected chi connectivity index (χ0v) is 17.9. The fourth-order valence-electron chi connectivity index (χ4n) is 4.16. The second-order valence-electron chi connectivity index (χ2n) is 8.22. The highest BCUT2D eigenvalue weighted by Gasteiger charge is 2.32. The summed E-state index contributed by atoms with van der Waals surface area (Å²) >= 11 is 1.63. The number of nitrogens with one attached hydrogen (secondary N) is 1. The van der Waals surface area contributed by atoms with Gasteiger partial charge in [-0.3, -0.25) is 14.9 Å². The van der Waals surface area contributed by atoms with Crippen LogP contribution in [0, 0.1) is 5.92 Å². The van der Waals surface area contributed by atoms with Crippen LogP contribution >= 0.6 is 11.3 Å². The minimum Gasteiger partial charge on any atom is -0.336 e. The Hall–Kier alpha value is -3.00. The Balaban J connectivity index is 1.38. The molecule has 0 saturated carbocycles. The third kappa shape index (κ3) is 3.41. The number of imidazole rings is 1. The van der Waals surface area contributed by atoms with E-state index in [1.54, 1.807) is 17.5 Å². The summed E-state index contributed by atoms with van der Waals surface area (Å²) in [5.41, 5.74) is 3.39. The number of aromatic amines is 1. The van der Waals surface area contributed by atoms with Crippen LogP contribution in [-0.4, -0.2) is 48.6 Å². The Bertz CT molecular complexity index is 1180. The van der Waals surface area contributed by atoms with Gasteiger partial charge < -0.3 is 9.47 Å². The van der Waals surface area contributed by atoms with Crippen molar-refractivity contribution in [2.75, 3.05) is 13.1 Å². The minimum atomic E-state index is -0.0234. The van der Waals surface area contributed by atoms with Crippen LogP contribution in [0.25, 0.3) is 21.6 Å². The number of fused-ring (bicyclic) bond motifs is 1. The summed E-state index contributed by atoms with van der Waals surface area (Å²) in [5, 5.41) is 9.28. The first-order valence-electron chi connectivity index (χ1n) is 10.3. The first kappa shape index (κ1) is 19.0. The first-order valence-corrected chi connectivity index (χ1v) is 11.2. The highest BCUT2D eigenvalue weighted by atomic mass is 32.1. The smallest absolute Gasteiger partial charge is 0.274 e. The van der Waals surface area contributed by atoms with Gasteiger partial charge in [0.1, 0.15) is 5.82 Å². The Labute approximate surface area is 178 Å². The van der Waals surface area contributed by atoms with E-state index in [0.29, 0.717) is 24.7 Å². The summed E-state index contributed by atoms with van der Waals surface area (Å²) in [6.07, 6.45) is 4.58. The van der Waals surface area contributed by atoms with Gasteiger partial charge in [0, 0.05) is 31.7 Å². The van der Waals surface area contributed by atoms with Crippen LogP contribution < -0.4 is 0 Å². The molecule has 5 rings (SSSR count). The second-order valence-corrected chi connectivity index (χ2v) is 9.17. The summed E-state index contributed by atoms with van der Waals surface area (Å²) in [6.45, 7) is 6.69. The molecule has 1 fully saturated rings. The molecule has 1 N–H and O–H groups in total. The molecule has 7 nitrogen and oxygen atoms in total. The average Bonchev–Trinajstić information content (AvgIpc) is 3.53. The van der Waals surface area contributed by atoms with E-state index in [1.807, 2.05) is 40.7 Å². The minimum absolute atomic E-state index is 0.0234. The van der Waals surface area contributed by atoms with Crippen molar-refractivity contribution in [2.45, 2.75) is 32.7 Å². The highest BCUT2D eigenvalue weighted by Crippen LogP contribution is 2.31. The van der Waals surface area contributed by atoms with Crippen LogP contribution in [-0.2, 0) is 6.54 Å². The fraction of sp³-hybridized carbons (Fsp3) is 0.364. The zero-order chi connectivity index (χ0) is 20.7. The van der Waals surface area contributed by atoms with E-state index >= 15 is 0 Å². The molecule has 1 amide bonds. The molecular weight excluding hydrogens is 396 g/mol. The molecule has 4 aromatic rings. The van der Waals surface area contributed by atoms with Crippen molar-refractivity contribution in [1.29, 1.82) is 0 Å². The van der Waals surface area contributed by atoms with Crippen molar-refractivity contribution in [2.24, 2.45) is 5.92 Å². The molecule has 30 heavy (non-hydrogen) atoms.